The van der Waals surface area contributed by atoms with Crippen molar-refractivity contribution in [3.8, 4) is 0 Å². The number of hydrogen-bond donors (Lipinski definition) is 1. The Morgan fingerprint density at radius 1 is 1.16 bits per heavy atom. The van der Waals surface area contributed by atoms with E-state index >= 15 is 0 Å². The Morgan fingerprint density at radius 2 is 1.76 bits per heavy atom. The first kappa shape index (κ1) is 22.3. The summed E-state index contributed by atoms with van der Waals surface area (Å²) in [5.74, 6) is 0. The van der Waals surface area contributed by atoms with E-state index in [1.165, 1.54) is 32.9 Å². The molecule has 0 aromatic heterocycles. The second kappa shape index (κ2) is 8.79. The lowest BCUT2D eigenvalue weighted by molar-refractivity contribution is 0.284. The van der Waals surface area contributed by atoms with Crippen molar-refractivity contribution < 1.29 is 16.8 Å². The molecule has 1 unspecified atom stereocenters. The maximum absolute atomic E-state index is 12.9. The molecule has 25 heavy (non-hydrogen) atoms. The van der Waals surface area contributed by atoms with Crippen molar-refractivity contribution in [2.45, 2.75) is 36.6 Å². The van der Waals surface area contributed by atoms with Gasteiger partial charge in [0.05, 0.1) is 9.79 Å². The molecule has 10 heteroatoms. The van der Waals surface area contributed by atoms with Crippen LogP contribution in [-0.4, -0.2) is 64.2 Å². The summed E-state index contributed by atoms with van der Waals surface area (Å²) in [6.07, 6.45) is 0. The lowest BCUT2D eigenvalue weighted by Gasteiger charge is -2.33. The van der Waals surface area contributed by atoms with Gasteiger partial charge in [-0.1, -0.05) is 19.9 Å². The van der Waals surface area contributed by atoms with Gasteiger partial charge in [0.1, 0.15) is 0 Å². The van der Waals surface area contributed by atoms with Gasteiger partial charge < -0.3 is 5.32 Å². The number of hydrogen-bond acceptors (Lipinski definition) is 5. The lowest BCUT2D eigenvalue weighted by atomic mass is 10.3. The summed E-state index contributed by atoms with van der Waals surface area (Å²) in [6, 6.07) is 5.46. The minimum Gasteiger partial charge on any atom is -0.314 e. The van der Waals surface area contributed by atoms with Crippen molar-refractivity contribution in [1.29, 1.82) is 0 Å². The highest BCUT2D eigenvalue weighted by Crippen LogP contribution is 2.23. The van der Waals surface area contributed by atoms with Gasteiger partial charge in [-0.15, -0.1) is 12.4 Å². The number of nitrogens with zero attached hydrogens (tertiary/aromatic N) is 2. The highest BCUT2D eigenvalue weighted by Gasteiger charge is 2.32. The quantitative estimate of drug-likeness (QED) is 0.758. The van der Waals surface area contributed by atoms with Crippen LogP contribution < -0.4 is 5.32 Å². The predicted molar refractivity (Wildman–Crippen MR) is 100 cm³/mol. The smallest absolute Gasteiger partial charge is 0.243 e. The van der Waals surface area contributed by atoms with Crippen LogP contribution in [0.25, 0.3) is 0 Å². The van der Waals surface area contributed by atoms with Crippen molar-refractivity contribution >= 4 is 32.5 Å². The van der Waals surface area contributed by atoms with Crippen molar-refractivity contribution in [2.75, 3.05) is 32.7 Å². The maximum Gasteiger partial charge on any atom is 0.243 e. The van der Waals surface area contributed by atoms with Crippen LogP contribution in [0.3, 0.4) is 0 Å². The van der Waals surface area contributed by atoms with Crippen molar-refractivity contribution in [3.05, 3.63) is 24.3 Å². The van der Waals surface area contributed by atoms with Gasteiger partial charge in [0, 0.05) is 38.8 Å². The Bertz CT molecular complexity index is 780. The predicted octanol–water partition coefficient (Wildman–Crippen LogP) is 1.12. The van der Waals surface area contributed by atoms with Crippen LogP contribution in [0.2, 0.25) is 0 Å². The topological polar surface area (TPSA) is 86.8 Å². The summed E-state index contributed by atoms with van der Waals surface area (Å²) in [5.41, 5.74) is 0. The molecular weight excluding hydrogens is 386 g/mol. The number of nitrogens with one attached hydrogen (secondary N) is 1. The van der Waals surface area contributed by atoms with Gasteiger partial charge in [0.2, 0.25) is 20.0 Å². The molecule has 1 atom stereocenters. The van der Waals surface area contributed by atoms with E-state index < -0.39 is 20.0 Å². The van der Waals surface area contributed by atoms with Crippen LogP contribution in [0.15, 0.2) is 34.1 Å². The summed E-state index contributed by atoms with van der Waals surface area (Å²) < 4.78 is 53.7. The van der Waals surface area contributed by atoms with Gasteiger partial charge in [0.15, 0.2) is 0 Å². The number of halogens is 1. The van der Waals surface area contributed by atoms with Gasteiger partial charge in [-0.05, 0) is 25.1 Å². The Labute approximate surface area is 156 Å². The molecule has 144 valence electrons. The zero-order valence-corrected chi connectivity index (χ0v) is 17.1. The van der Waals surface area contributed by atoms with E-state index in [2.05, 4.69) is 5.32 Å². The molecule has 0 aliphatic carbocycles. The second-order valence-corrected chi connectivity index (χ2v) is 9.56. The van der Waals surface area contributed by atoms with E-state index in [1.54, 1.807) is 13.8 Å². The van der Waals surface area contributed by atoms with E-state index in [4.69, 9.17) is 0 Å². The molecule has 0 saturated carbocycles. The average molecular weight is 412 g/mol. The van der Waals surface area contributed by atoms with E-state index in [0.717, 1.165) is 0 Å². The monoisotopic (exact) mass is 411 g/mol. The lowest BCUT2D eigenvalue weighted by Crippen LogP contribution is -2.52. The highest BCUT2D eigenvalue weighted by atomic mass is 35.5. The third-order valence-electron chi connectivity index (χ3n) is 4.20. The van der Waals surface area contributed by atoms with E-state index in [0.29, 0.717) is 32.7 Å². The summed E-state index contributed by atoms with van der Waals surface area (Å²) in [6.45, 7) is 7.55. The number of piperazine rings is 1. The molecule has 1 fully saturated rings. The van der Waals surface area contributed by atoms with E-state index in [9.17, 15) is 16.8 Å². The molecule has 1 aromatic rings. The van der Waals surface area contributed by atoms with E-state index in [1.807, 2.05) is 6.92 Å². The Hall–Kier alpha value is -0.710. The molecule has 1 aliphatic rings. The molecule has 1 N–H and O–H groups in total. The van der Waals surface area contributed by atoms with Crippen LogP contribution >= 0.6 is 12.4 Å². The summed E-state index contributed by atoms with van der Waals surface area (Å²) in [5, 5.41) is 3.15. The van der Waals surface area contributed by atoms with Crippen molar-refractivity contribution in [2.24, 2.45) is 0 Å². The first-order valence-electron chi connectivity index (χ1n) is 8.08. The maximum atomic E-state index is 12.9. The molecule has 1 heterocycles. The SMILES string of the molecule is CCN(CC)S(=O)(=O)c1cccc(S(=O)(=O)N2CCNCC2C)c1.Cl. The third-order valence-corrected chi connectivity index (χ3v) is 8.25. The van der Waals surface area contributed by atoms with Gasteiger partial charge in [-0.3, -0.25) is 0 Å². The molecule has 7 nitrogen and oxygen atoms in total. The van der Waals surface area contributed by atoms with E-state index in [-0.39, 0.29) is 28.2 Å². The number of sulfonamides is 2. The fourth-order valence-corrected chi connectivity index (χ4v) is 6.08. The Morgan fingerprint density at radius 3 is 2.32 bits per heavy atom. The van der Waals surface area contributed by atoms with Crippen LogP contribution in [0.5, 0.6) is 0 Å². The van der Waals surface area contributed by atoms with Gasteiger partial charge in [-0.25, -0.2) is 16.8 Å². The fraction of sp³-hybridized carbons (Fsp3) is 0.600. The van der Waals surface area contributed by atoms with Crippen molar-refractivity contribution in [3.63, 3.8) is 0 Å². The minimum absolute atomic E-state index is 0. The number of rotatable bonds is 6. The van der Waals surface area contributed by atoms with Crippen LogP contribution in [-0.2, 0) is 20.0 Å². The standard InChI is InChI=1S/C15H25N3O4S2.ClH/c1-4-17(5-2)23(19,20)14-7-6-8-15(11-14)24(21,22)18-10-9-16-12-13(18)3;/h6-8,11,13,16H,4-5,9-10,12H2,1-3H3;1H. The molecule has 1 aromatic carbocycles. The minimum atomic E-state index is -3.72. The molecule has 0 bridgehead atoms. The first-order valence-corrected chi connectivity index (χ1v) is 11.0. The molecule has 0 spiro atoms. The second-order valence-electron chi connectivity index (χ2n) is 5.73. The number of benzene rings is 1. The highest BCUT2D eigenvalue weighted by molar-refractivity contribution is 7.90. The molecule has 0 radical (unpaired) electrons. The first-order chi connectivity index (χ1) is 11.2. The summed E-state index contributed by atoms with van der Waals surface area (Å²) in [7, 11) is -7.41. The van der Waals surface area contributed by atoms with Crippen LogP contribution in [0.4, 0.5) is 0 Å². The summed E-state index contributed by atoms with van der Waals surface area (Å²) >= 11 is 0. The van der Waals surface area contributed by atoms with Gasteiger partial charge in [0.25, 0.3) is 0 Å². The fourth-order valence-electron chi connectivity index (χ4n) is 2.82. The Balaban J connectivity index is 0.00000312. The molecule has 2 rings (SSSR count). The largest absolute Gasteiger partial charge is 0.314 e. The third kappa shape index (κ3) is 4.53. The zero-order valence-electron chi connectivity index (χ0n) is 14.7. The normalized spacial score (nSPS) is 19.6. The van der Waals surface area contributed by atoms with Gasteiger partial charge >= 0.3 is 0 Å². The van der Waals surface area contributed by atoms with Gasteiger partial charge in [-0.2, -0.15) is 8.61 Å². The molecule has 1 aliphatic heterocycles. The van der Waals surface area contributed by atoms with Crippen molar-refractivity contribution in [1.82, 2.24) is 13.9 Å². The Kier molecular flexibility index (Phi) is 7.85. The average Bonchev–Trinajstić information content (AvgIpc) is 2.56. The zero-order chi connectivity index (χ0) is 18.0. The molecular formula is C15H26ClN3O4S2. The summed E-state index contributed by atoms with van der Waals surface area (Å²) in [4.78, 5) is 0.0274. The molecule has 0 amide bonds. The molecule has 1 saturated heterocycles. The van der Waals surface area contributed by atoms with Crippen LogP contribution in [0.1, 0.15) is 20.8 Å². The van der Waals surface area contributed by atoms with Crippen LogP contribution in [0, 0.1) is 0 Å².